The van der Waals surface area contributed by atoms with Gasteiger partial charge in [-0.25, -0.2) is 4.79 Å². The number of amides is 1. The van der Waals surface area contributed by atoms with E-state index in [4.69, 9.17) is 16.4 Å². The second-order valence-electron chi connectivity index (χ2n) is 3.78. The molecule has 0 aromatic carbocycles. The van der Waals surface area contributed by atoms with E-state index < -0.39 is 24.0 Å². The second-order valence-corrected chi connectivity index (χ2v) is 4.15. The number of aliphatic carboxylic acids is 1. The van der Waals surface area contributed by atoms with Crippen molar-refractivity contribution < 1.29 is 14.7 Å². The van der Waals surface area contributed by atoms with Crippen LogP contribution in [0.5, 0.6) is 0 Å². The fourth-order valence-electron chi connectivity index (χ4n) is 1.25. The number of hydrogen-bond acceptors (Lipinski definition) is 5. The number of thiol groups is 1. The molecule has 0 unspecified atom stereocenters. The summed E-state index contributed by atoms with van der Waals surface area (Å²) in [6.07, 6.45) is 1.46. The van der Waals surface area contributed by atoms with Gasteiger partial charge in [0, 0.05) is 5.75 Å². The van der Waals surface area contributed by atoms with Crippen LogP contribution in [-0.4, -0.2) is 41.4 Å². The number of unbranched alkanes of at least 4 members (excludes halogenated alkanes) is 1. The minimum atomic E-state index is -1.11. The second kappa shape index (κ2) is 10.3. The molecule has 0 aliphatic rings. The van der Waals surface area contributed by atoms with E-state index in [0.29, 0.717) is 19.4 Å². The molecule has 9 nitrogen and oxygen atoms in total. The predicted molar refractivity (Wildman–Crippen MR) is 72.4 cm³/mol. The van der Waals surface area contributed by atoms with Gasteiger partial charge in [0.25, 0.3) is 0 Å². The van der Waals surface area contributed by atoms with Gasteiger partial charge < -0.3 is 16.2 Å². The standard InChI is InChI=1S/C9H18N6O3S/c10-6(5-19)8(16)13-7(9(17)18)3-1-2-4-12-15-14-11/h6-7,12,19H,1-5,10H2,(H,13,16)(H,17,18)/t6-,7-/m0/s1. The lowest BCUT2D eigenvalue weighted by atomic mass is 10.1. The molecule has 2 atom stereocenters. The summed E-state index contributed by atoms with van der Waals surface area (Å²) in [5, 5.41) is 14.4. The lowest BCUT2D eigenvalue weighted by molar-refractivity contribution is -0.142. The third-order valence-corrected chi connectivity index (χ3v) is 2.69. The summed E-state index contributed by atoms with van der Waals surface area (Å²) < 4.78 is 0. The SMILES string of the molecule is [N-]=[N+]=NNCCCC[C@H](NC(=O)[C@@H](N)CS)C(=O)O. The van der Waals surface area contributed by atoms with Crippen LogP contribution >= 0.6 is 12.6 Å². The Bertz CT molecular complexity index is 347. The minimum absolute atomic E-state index is 0.147. The van der Waals surface area contributed by atoms with Gasteiger partial charge >= 0.3 is 5.97 Å². The maximum atomic E-state index is 11.4. The van der Waals surface area contributed by atoms with Gasteiger partial charge in [0.2, 0.25) is 5.91 Å². The van der Waals surface area contributed by atoms with E-state index in [2.05, 4.69) is 33.5 Å². The van der Waals surface area contributed by atoms with E-state index in [0.717, 1.165) is 0 Å². The van der Waals surface area contributed by atoms with Gasteiger partial charge in [-0.2, -0.15) is 17.5 Å². The van der Waals surface area contributed by atoms with Gasteiger partial charge in [-0.1, -0.05) is 0 Å². The van der Waals surface area contributed by atoms with Crippen molar-refractivity contribution >= 4 is 24.5 Å². The minimum Gasteiger partial charge on any atom is -0.480 e. The normalized spacial score (nSPS) is 12.9. The van der Waals surface area contributed by atoms with E-state index in [9.17, 15) is 9.59 Å². The Labute approximate surface area is 115 Å². The first-order valence-corrected chi connectivity index (χ1v) is 6.32. The third-order valence-electron chi connectivity index (χ3n) is 2.29. The van der Waals surface area contributed by atoms with Gasteiger partial charge in [-0.15, -0.1) is 5.53 Å². The highest BCUT2D eigenvalue weighted by Crippen LogP contribution is 2.02. The predicted octanol–water partition coefficient (Wildman–Crippen LogP) is -0.202. The Morgan fingerprint density at radius 1 is 1.47 bits per heavy atom. The van der Waals surface area contributed by atoms with Gasteiger partial charge in [0.1, 0.15) is 6.04 Å². The molecule has 0 rings (SSSR count). The van der Waals surface area contributed by atoms with Crippen molar-refractivity contribution in [2.75, 3.05) is 12.3 Å². The number of carbonyl (C=O) groups excluding carboxylic acids is 1. The zero-order chi connectivity index (χ0) is 14.7. The summed E-state index contributed by atoms with van der Waals surface area (Å²) in [5.41, 5.74) is 15.9. The number of carboxylic acids is 1. The Balaban J connectivity index is 4.03. The van der Waals surface area contributed by atoms with Crippen molar-refractivity contribution in [3.05, 3.63) is 10.4 Å². The summed E-state index contributed by atoms with van der Waals surface area (Å²) in [6.45, 7) is 0.445. The number of nitrogens with two attached hydrogens (primary N) is 1. The summed E-state index contributed by atoms with van der Waals surface area (Å²) >= 11 is 3.87. The monoisotopic (exact) mass is 290 g/mol. The number of rotatable bonds is 10. The average molecular weight is 290 g/mol. The van der Waals surface area contributed by atoms with E-state index in [1.54, 1.807) is 0 Å². The Morgan fingerprint density at radius 3 is 2.68 bits per heavy atom. The third kappa shape index (κ3) is 8.14. The van der Waals surface area contributed by atoms with Crippen LogP contribution in [0.3, 0.4) is 0 Å². The smallest absolute Gasteiger partial charge is 0.326 e. The highest BCUT2D eigenvalue weighted by Gasteiger charge is 2.22. The number of nitrogens with one attached hydrogen (secondary N) is 2. The van der Waals surface area contributed by atoms with Crippen molar-refractivity contribution in [3.8, 4) is 0 Å². The molecule has 0 bridgehead atoms. The van der Waals surface area contributed by atoms with Crippen LogP contribution in [0.25, 0.3) is 10.4 Å². The summed E-state index contributed by atoms with van der Waals surface area (Å²) in [5.74, 6) is -1.49. The molecule has 5 N–H and O–H groups in total. The van der Waals surface area contributed by atoms with Crippen molar-refractivity contribution in [2.45, 2.75) is 31.3 Å². The van der Waals surface area contributed by atoms with Crippen molar-refractivity contribution in [2.24, 2.45) is 11.0 Å². The van der Waals surface area contributed by atoms with Crippen LogP contribution < -0.4 is 16.5 Å². The first-order valence-electron chi connectivity index (χ1n) is 5.69. The number of carbonyl (C=O) groups is 2. The van der Waals surface area contributed by atoms with Crippen LogP contribution in [-0.2, 0) is 9.59 Å². The van der Waals surface area contributed by atoms with E-state index >= 15 is 0 Å². The van der Waals surface area contributed by atoms with Gasteiger partial charge in [-0.05, 0) is 24.5 Å². The molecule has 0 radical (unpaired) electrons. The largest absolute Gasteiger partial charge is 0.480 e. The zero-order valence-corrected chi connectivity index (χ0v) is 11.2. The lowest BCUT2D eigenvalue weighted by Crippen LogP contribution is -2.49. The fraction of sp³-hybridized carbons (Fsp3) is 0.778. The summed E-state index contributed by atoms with van der Waals surface area (Å²) in [6, 6.07) is -1.80. The lowest BCUT2D eigenvalue weighted by Gasteiger charge is -2.16. The molecule has 0 aliphatic heterocycles. The number of carboxylic acid groups (broad SMARTS) is 1. The van der Waals surface area contributed by atoms with Gasteiger partial charge in [0.15, 0.2) is 0 Å². The Hall–Kier alpha value is -1.64. The molecule has 0 aromatic heterocycles. The molecule has 108 valence electrons. The van der Waals surface area contributed by atoms with Crippen LogP contribution in [0.15, 0.2) is 5.22 Å². The first-order chi connectivity index (χ1) is 9.02. The van der Waals surface area contributed by atoms with E-state index in [-0.39, 0.29) is 12.2 Å². The fourth-order valence-corrected chi connectivity index (χ4v) is 1.42. The molecule has 0 saturated heterocycles. The summed E-state index contributed by atoms with van der Waals surface area (Å²) in [7, 11) is 0. The van der Waals surface area contributed by atoms with Gasteiger partial charge in [-0.3, -0.25) is 10.2 Å². The van der Waals surface area contributed by atoms with Gasteiger partial charge in [0.05, 0.1) is 12.6 Å². The molecular weight excluding hydrogens is 272 g/mol. The quantitative estimate of drug-likeness (QED) is 0.0941. The highest BCUT2D eigenvalue weighted by molar-refractivity contribution is 7.80. The molecule has 10 heteroatoms. The molecule has 19 heavy (non-hydrogen) atoms. The maximum Gasteiger partial charge on any atom is 0.326 e. The molecule has 0 spiro atoms. The summed E-state index contributed by atoms with van der Waals surface area (Å²) in [4.78, 5) is 24.9. The molecule has 0 aromatic rings. The zero-order valence-electron chi connectivity index (χ0n) is 10.3. The van der Waals surface area contributed by atoms with E-state index in [1.807, 2.05) is 0 Å². The van der Waals surface area contributed by atoms with Crippen LogP contribution in [0.1, 0.15) is 19.3 Å². The molecule has 1 amide bonds. The highest BCUT2D eigenvalue weighted by atomic mass is 32.1. The maximum absolute atomic E-state index is 11.4. The molecule has 0 fully saturated rings. The van der Waals surface area contributed by atoms with E-state index in [1.165, 1.54) is 0 Å². The van der Waals surface area contributed by atoms with Crippen LogP contribution in [0, 0.1) is 0 Å². The number of nitrogens with zero attached hydrogens (tertiary/aromatic N) is 3. The average Bonchev–Trinajstić information content (AvgIpc) is 2.39. The van der Waals surface area contributed by atoms with Crippen molar-refractivity contribution in [1.82, 2.24) is 10.7 Å². The Morgan fingerprint density at radius 2 is 2.16 bits per heavy atom. The molecule has 0 saturated carbocycles. The molecule has 0 heterocycles. The molecular formula is C9H18N6O3S. The number of hydrogen-bond donors (Lipinski definition) is 5. The van der Waals surface area contributed by atoms with Crippen molar-refractivity contribution in [3.63, 3.8) is 0 Å². The van der Waals surface area contributed by atoms with Crippen LogP contribution in [0.2, 0.25) is 0 Å². The topological polar surface area (TPSA) is 153 Å². The first kappa shape index (κ1) is 17.4. The molecule has 0 aliphatic carbocycles. The number of azide groups is 1. The Kier molecular flexibility index (Phi) is 9.41. The van der Waals surface area contributed by atoms with Crippen LogP contribution in [0.4, 0.5) is 0 Å². The van der Waals surface area contributed by atoms with Crippen molar-refractivity contribution in [1.29, 1.82) is 0 Å².